The van der Waals surface area contributed by atoms with E-state index in [1.807, 2.05) is 48.0 Å². The molecule has 1 aromatic carbocycles. The van der Waals surface area contributed by atoms with Crippen LogP contribution in [0.3, 0.4) is 0 Å². The van der Waals surface area contributed by atoms with E-state index in [2.05, 4.69) is 11.6 Å². The van der Waals surface area contributed by atoms with Crippen molar-refractivity contribution in [3.05, 3.63) is 90.5 Å². The predicted octanol–water partition coefficient (Wildman–Crippen LogP) is 5.21. The molecule has 0 radical (unpaired) electrons. The van der Waals surface area contributed by atoms with Crippen LogP contribution in [0.4, 0.5) is 4.39 Å². The number of ether oxygens (including phenoxy) is 1. The van der Waals surface area contributed by atoms with Gasteiger partial charge in [0.05, 0.1) is 24.4 Å². The first-order chi connectivity index (χ1) is 13.7. The summed E-state index contributed by atoms with van der Waals surface area (Å²) in [7, 11) is 0. The number of nitrogens with zero attached hydrogens (tertiary/aromatic N) is 3. The van der Waals surface area contributed by atoms with Gasteiger partial charge in [0.2, 0.25) is 0 Å². The van der Waals surface area contributed by atoms with Crippen LogP contribution in [-0.4, -0.2) is 21.2 Å². The lowest BCUT2D eigenvalue weighted by atomic mass is 10.0. The summed E-state index contributed by atoms with van der Waals surface area (Å²) in [6.07, 6.45) is 3.67. The molecule has 28 heavy (non-hydrogen) atoms. The number of fused-ring (bicyclic) bond motifs is 1. The van der Waals surface area contributed by atoms with Gasteiger partial charge in [-0.05, 0) is 48.4 Å². The molecule has 0 unspecified atom stereocenters. The molecule has 4 aromatic rings. The van der Waals surface area contributed by atoms with Crippen molar-refractivity contribution in [3.63, 3.8) is 0 Å². The first kappa shape index (κ1) is 18.1. The van der Waals surface area contributed by atoms with Gasteiger partial charge in [0.15, 0.2) is 0 Å². The van der Waals surface area contributed by atoms with Crippen molar-refractivity contribution < 1.29 is 9.13 Å². The molecule has 0 spiro atoms. The maximum atomic E-state index is 13.5. The maximum absolute atomic E-state index is 13.5. The highest BCUT2D eigenvalue weighted by Crippen LogP contribution is 2.34. The van der Waals surface area contributed by atoms with Gasteiger partial charge >= 0.3 is 0 Å². The second kappa shape index (κ2) is 7.74. The number of hydrogen-bond acceptors (Lipinski definition) is 3. The molecule has 0 saturated heterocycles. The molecule has 5 heteroatoms. The number of rotatable bonds is 6. The van der Waals surface area contributed by atoms with E-state index in [-0.39, 0.29) is 5.82 Å². The number of aryl methyl sites for hydroxylation is 1. The molecule has 4 nitrogen and oxygen atoms in total. The summed E-state index contributed by atoms with van der Waals surface area (Å²) in [5, 5.41) is 4.80. The second-order valence-electron chi connectivity index (χ2n) is 6.57. The Kier molecular flexibility index (Phi) is 5.00. The number of aromatic nitrogens is 3. The number of hydrogen-bond donors (Lipinski definition) is 0. The second-order valence-corrected chi connectivity index (χ2v) is 6.57. The lowest BCUT2D eigenvalue weighted by Gasteiger charge is -2.05. The Morgan fingerprint density at radius 3 is 2.68 bits per heavy atom. The fraction of sp³-hybridized carbons (Fsp3) is 0.130. The minimum atomic E-state index is -0.267. The molecule has 140 valence electrons. The van der Waals surface area contributed by atoms with E-state index >= 15 is 0 Å². The summed E-state index contributed by atoms with van der Waals surface area (Å²) in [4.78, 5) is 4.64. The lowest BCUT2D eigenvalue weighted by Crippen LogP contribution is -1.96. The van der Waals surface area contributed by atoms with Crippen molar-refractivity contribution in [2.75, 3.05) is 6.61 Å². The first-order valence-corrected chi connectivity index (χ1v) is 9.05. The third-order valence-electron chi connectivity index (χ3n) is 4.46. The largest absolute Gasteiger partial charge is 0.373 e. The highest BCUT2D eigenvalue weighted by Gasteiger charge is 2.18. The molecule has 0 aliphatic rings. The average molecular weight is 373 g/mol. The zero-order valence-corrected chi connectivity index (χ0v) is 15.6. The lowest BCUT2D eigenvalue weighted by molar-refractivity contribution is 0.148. The zero-order chi connectivity index (χ0) is 19.5. The third-order valence-corrected chi connectivity index (χ3v) is 4.46. The molecular weight excluding hydrogens is 353 g/mol. The van der Waals surface area contributed by atoms with Crippen LogP contribution in [0, 0.1) is 12.7 Å². The van der Waals surface area contributed by atoms with Gasteiger partial charge in [-0.2, -0.15) is 5.10 Å². The van der Waals surface area contributed by atoms with Crippen molar-refractivity contribution in [2.45, 2.75) is 13.5 Å². The van der Waals surface area contributed by atoms with Crippen LogP contribution in [0.15, 0.2) is 73.4 Å². The van der Waals surface area contributed by atoms with Crippen molar-refractivity contribution in [1.82, 2.24) is 14.6 Å². The summed E-state index contributed by atoms with van der Waals surface area (Å²) in [6, 6.07) is 16.3. The SMILES string of the molecule is C=CCOCc1ccc2c(-c3ccc(F)cc3)c(-c3cccc(C)n3)nn2c1. The Balaban J connectivity index is 1.88. The molecule has 0 saturated carbocycles. The van der Waals surface area contributed by atoms with Gasteiger partial charge in [-0.1, -0.05) is 30.3 Å². The number of benzene rings is 1. The highest BCUT2D eigenvalue weighted by atomic mass is 19.1. The quantitative estimate of drug-likeness (QED) is 0.344. The van der Waals surface area contributed by atoms with Crippen LogP contribution in [0.2, 0.25) is 0 Å². The Morgan fingerprint density at radius 1 is 1.11 bits per heavy atom. The first-order valence-electron chi connectivity index (χ1n) is 9.05. The highest BCUT2D eigenvalue weighted by molar-refractivity contribution is 5.91. The minimum Gasteiger partial charge on any atom is -0.373 e. The smallest absolute Gasteiger partial charge is 0.123 e. The molecule has 3 heterocycles. The molecule has 0 N–H and O–H groups in total. The van der Waals surface area contributed by atoms with Crippen molar-refractivity contribution in [3.8, 4) is 22.5 Å². The van der Waals surface area contributed by atoms with Gasteiger partial charge in [0.1, 0.15) is 11.5 Å². The summed E-state index contributed by atoms with van der Waals surface area (Å²) in [5.74, 6) is -0.267. The van der Waals surface area contributed by atoms with Gasteiger partial charge in [-0.15, -0.1) is 6.58 Å². The van der Waals surface area contributed by atoms with Crippen LogP contribution in [-0.2, 0) is 11.3 Å². The zero-order valence-electron chi connectivity index (χ0n) is 15.6. The van der Waals surface area contributed by atoms with Gasteiger partial charge in [0, 0.05) is 17.5 Å². The Hall–Kier alpha value is -3.31. The van der Waals surface area contributed by atoms with Crippen molar-refractivity contribution in [1.29, 1.82) is 0 Å². The molecule has 4 rings (SSSR count). The summed E-state index contributed by atoms with van der Waals surface area (Å²) in [6.45, 7) is 6.59. The van der Waals surface area contributed by atoms with Gasteiger partial charge in [-0.3, -0.25) is 4.98 Å². The van der Waals surface area contributed by atoms with Crippen LogP contribution < -0.4 is 0 Å². The topological polar surface area (TPSA) is 39.4 Å². The Morgan fingerprint density at radius 2 is 1.93 bits per heavy atom. The Bertz CT molecular complexity index is 1130. The summed E-state index contributed by atoms with van der Waals surface area (Å²) in [5.41, 5.74) is 6.22. The standard InChI is InChI=1S/C23H20FN3O/c1-3-13-28-15-17-7-12-21-22(18-8-10-19(24)11-9-18)23(26-27(21)14-17)20-6-4-5-16(2)25-20/h3-12,14H,1,13,15H2,2H3. The van der Waals surface area contributed by atoms with Crippen LogP contribution in [0.1, 0.15) is 11.3 Å². The van der Waals surface area contributed by atoms with Crippen molar-refractivity contribution in [2.24, 2.45) is 0 Å². The van der Waals surface area contributed by atoms with E-state index in [4.69, 9.17) is 9.84 Å². The molecule has 0 fully saturated rings. The third kappa shape index (κ3) is 3.57. The van der Waals surface area contributed by atoms with Crippen molar-refractivity contribution >= 4 is 5.52 Å². The Labute approximate surface area is 162 Å². The van der Waals surface area contributed by atoms with E-state index < -0.39 is 0 Å². The summed E-state index contributed by atoms with van der Waals surface area (Å²) >= 11 is 0. The monoisotopic (exact) mass is 373 g/mol. The van der Waals surface area contributed by atoms with Gasteiger partial charge < -0.3 is 4.74 Å². The van der Waals surface area contributed by atoms with Gasteiger partial charge in [0.25, 0.3) is 0 Å². The van der Waals surface area contributed by atoms with Crippen LogP contribution in [0.25, 0.3) is 28.0 Å². The fourth-order valence-electron chi connectivity index (χ4n) is 3.19. The van der Waals surface area contributed by atoms with E-state index in [0.717, 1.165) is 39.3 Å². The minimum absolute atomic E-state index is 0.267. The van der Waals surface area contributed by atoms with Crippen LogP contribution in [0.5, 0.6) is 0 Å². The molecule has 3 aromatic heterocycles. The van der Waals surface area contributed by atoms with Gasteiger partial charge in [-0.25, -0.2) is 8.91 Å². The predicted molar refractivity (Wildman–Crippen MR) is 108 cm³/mol. The molecule has 0 atom stereocenters. The van der Waals surface area contributed by atoms with E-state index in [1.54, 1.807) is 18.2 Å². The summed E-state index contributed by atoms with van der Waals surface area (Å²) < 4.78 is 20.8. The normalized spacial score (nSPS) is 11.1. The molecule has 0 amide bonds. The van der Waals surface area contributed by atoms with E-state index in [0.29, 0.717) is 13.2 Å². The fourth-order valence-corrected chi connectivity index (χ4v) is 3.19. The van der Waals surface area contributed by atoms with E-state index in [9.17, 15) is 4.39 Å². The molecular formula is C23H20FN3O. The maximum Gasteiger partial charge on any atom is 0.123 e. The molecule has 0 aliphatic carbocycles. The van der Waals surface area contributed by atoms with Crippen LogP contribution >= 0.6 is 0 Å². The average Bonchev–Trinajstić information content (AvgIpc) is 3.08. The van der Waals surface area contributed by atoms with E-state index in [1.165, 1.54) is 12.1 Å². The number of pyridine rings is 2. The number of halogens is 1. The molecule has 0 aliphatic heterocycles. The molecule has 0 bridgehead atoms.